The van der Waals surface area contributed by atoms with E-state index in [1.807, 2.05) is 0 Å². The van der Waals surface area contributed by atoms with Crippen LogP contribution in [-0.4, -0.2) is 28.9 Å². The summed E-state index contributed by atoms with van der Waals surface area (Å²) in [7, 11) is 0. The van der Waals surface area contributed by atoms with E-state index in [0.717, 1.165) is 0 Å². The first-order valence-electron chi connectivity index (χ1n) is 6.78. The van der Waals surface area contributed by atoms with Crippen LogP contribution >= 0.6 is 0 Å². The minimum atomic E-state index is -0.923. The Bertz CT molecular complexity index is 545. The van der Waals surface area contributed by atoms with E-state index in [4.69, 9.17) is 9.47 Å². The fourth-order valence-electron chi connectivity index (χ4n) is 1.65. The van der Waals surface area contributed by atoms with E-state index in [1.165, 1.54) is 24.3 Å². The van der Waals surface area contributed by atoms with Crippen LogP contribution in [0, 0.1) is 20.2 Å². The smallest absolute Gasteiger partial charge is 0.434 e. The van der Waals surface area contributed by atoms with Crippen LogP contribution in [0.25, 0.3) is 0 Å². The van der Waals surface area contributed by atoms with Crippen molar-refractivity contribution in [2.24, 2.45) is 0 Å². The average Bonchev–Trinajstić information content (AvgIpc) is 2.46. The van der Waals surface area contributed by atoms with Gasteiger partial charge in [0.2, 0.25) is 0 Å². The molecule has 0 amide bonds. The number of nitro groups is 1. The molecule has 1 aromatic rings. The highest BCUT2D eigenvalue weighted by Crippen LogP contribution is 2.17. The van der Waals surface area contributed by atoms with E-state index >= 15 is 0 Å². The summed E-state index contributed by atoms with van der Waals surface area (Å²) >= 11 is 0. The number of rotatable bonds is 9. The van der Waals surface area contributed by atoms with E-state index in [1.54, 1.807) is 6.92 Å². The topological polar surface area (TPSA) is 131 Å². The zero-order chi connectivity index (χ0) is 17.2. The Hall–Kier alpha value is -2.91. The highest BCUT2D eigenvalue weighted by Gasteiger charge is 2.10. The molecule has 0 heterocycles. The number of benzene rings is 1. The molecular formula is C13H16N2O8. The zero-order valence-corrected chi connectivity index (χ0v) is 12.4. The van der Waals surface area contributed by atoms with Gasteiger partial charge in [0.1, 0.15) is 11.9 Å². The van der Waals surface area contributed by atoms with E-state index in [-0.39, 0.29) is 18.0 Å². The summed E-state index contributed by atoms with van der Waals surface area (Å²) in [6.45, 7) is 1.67. The van der Waals surface area contributed by atoms with Gasteiger partial charge in [-0.1, -0.05) is 0 Å². The number of carbonyl (C=O) groups excluding carboxylic acids is 1. The van der Waals surface area contributed by atoms with Gasteiger partial charge in [-0.05, 0) is 38.3 Å². The van der Waals surface area contributed by atoms with Gasteiger partial charge >= 0.3 is 6.16 Å². The summed E-state index contributed by atoms with van der Waals surface area (Å²) in [5.74, 6) is 0.133. The number of non-ortho nitro benzene ring substituents is 1. The lowest BCUT2D eigenvalue weighted by atomic mass is 10.2. The summed E-state index contributed by atoms with van der Waals surface area (Å²) in [6.07, 6.45) is 0.105. The molecule has 0 aliphatic carbocycles. The van der Waals surface area contributed by atoms with E-state index in [0.29, 0.717) is 19.3 Å². The van der Waals surface area contributed by atoms with Gasteiger partial charge < -0.3 is 14.3 Å². The molecule has 0 fully saturated rings. The van der Waals surface area contributed by atoms with Gasteiger partial charge in [-0.3, -0.25) is 10.1 Å². The molecule has 23 heavy (non-hydrogen) atoms. The van der Waals surface area contributed by atoms with Crippen molar-refractivity contribution in [1.82, 2.24) is 0 Å². The molecule has 0 aromatic heterocycles. The Balaban J connectivity index is 2.19. The molecule has 0 aliphatic heterocycles. The number of ether oxygens (including phenoxy) is 2. The van der Waals surface area contributed by atoms with Crippen LogP contribution in [0.3, 0.4) is 0 Å². The van der Waals surface area contributed by atoms with Gasteiger partial charge in [-0.15, -0.1) is 10.1 Å². The lowest BCUT2D eigenvalue weighted by Gasteiger charge is -2.09. The minimum Gasteiger partial charge on any atom is -0.434 e. The largest absolute Gasteiger partial charge is 0.513 e. The number of unbranched alkanes of at least 4 members (excludes halogenated alkanes) is 1. The standard InChI is InChI=1S/C13H16N2O8/c1-10(23-15(19)20)4-2-3-9-21-13(16)22-12-7-5-11(6-8-12)14(17)18/h5-8,10H,2-4,9H2,1H3/t10-/m0/s1. The molecule has 0 bridgehead atoms. The third kappa shape index (κ3) is 7.60. The molecule has 126 valence electrons. The van der Waals surface area contributed by atoms with Crippen LogP contribution in [0.2, 0.25) is 0 Å². The normalized spacial score (nSPS) is 11.3. The van der Waals surface area contributed by atoms with Crippen LogP contribution in [0.4, 0.5) is 10.5 Å². The van der Waals surface area contributed by atoms with Crippen molar-refractivity contribution in [1.29, 1.82) is 0 Å². The molecular weight excluding hydrogens is 312 g/mol. The molecule has 0 unspecified atom stereocenters. The third-order valence-electron chi connectivity index (χ3n) is 2.74. The Morgan fingerprint density at radius 2 is 1.83 bits per heavy atom. The molecule has 10 heteroatoms. The van der Waals surface area contributed by atoms with Crippen molar-refractivity contribution >= 4 is 11.8 Å². The second-order valence-corrected chi connectivity index (χ2v) is 4.59. The maximum atomic E-state index is 11.4. The van der Waals surface area contributed by atoms with E-state index in [9.17, 15) is 25.0 Å². The first kappa shape index (κ1) is 18.1. The first-order valence-corrected chi connectivity index (χ1v) is 6.78. The highest BCUT2D eigenvalue weighted by molar-refractivity contribution is 5.63. The monoisotopic (exact) mass is 328 g/mol. The lowest BCUT2D eigenvalue weighted by molar-refractivity contribution is -0.767. The number of nitrogens with zero attached hydrogens (tertiary/aromatic N) is 2. The molecule has 0 saturated carbocycles. The lowest BCUT2D eigenvalue weighted by Crippen LogP contribution is -2.14. The van der Waals surface area contributed by atoms with Gasteiger partial charge in [0.05, 0.1) is 11.5 Å². The second kappa shape index (κ2) is 9.18. The quantitative estimate of drug-likeness (QED) is 0.222. The molecule has 0 N–H and O–H groups in total. The van der Waals surface area contributed by atoms with Crippen LogP contribution < -0.4 is 4.74 Å². The van der Waals surface area contributed by atoms with Crippen LogP contribution in [0.5, 0.6) is 5.75 Å². The molecule has 10 nitrogen and oxygen atoms in total. The number of nitro benzene ring substituents is 1. The summed E-state index contributed by atoms with van der Waals surface area (Å²) < 4.78 is 9.65. The van der Waals surface area contributed by atoms with Gasteiger partial charge in [0.15, 0.2) is 0 Å². The van der Waals surface area contributed by atoms with Crippen molar-refractivity contribution in [2.75, 3.05) is 6.61 Å². The number of carbonyl (C=O) groups is 1. The van der Waals surface area contributed by atoms with Gasteiger partial charge in [-0.2, -0.15) is 0 Å². The zero-order valence-electron chi connectivity index (χ0n) is 12.4. The Morgan fingerprint density at radius 3 is 2.39 bits per heavy atom. The SMILES string of the molecule is C[C@@H](CCCCOC(=O)Oc1ccc([N+](=O)[O-])cc1)O[N+](=O)[O-]. The fraction of sp³-hybridized carbons (Fsp3) is 0.462. The molecule has 1 rings (SSSR count). The number of hydrogen-bond donors (Lipinski definition) is 0. The van der Waals surface area contributed by atoms with Crippen molar-refractivity contribution < 1.29 is 29.1 Å². The van der Waals surface area contributed by atoms with Crippen molar-refractivity contribution in [3.8, 4) is 5.75 Å². The maximum absolute atomic E-state index is 11.4. The third-order valence-corrected chi connectivity index (χ3v) is 2.74. The highest BCUT2D eigenvalue weighted by atomic mass is 17.0. The van der Waals surface area contributed by atoms with E-state index < -0.39 is 22.3 Å². The summed E-state index contributed by atoms with van der Waals surface area (Å²) in [5, 5.41) is 19.7. The summed E-state index contributed by atoms with van der Waals surface area (Å²) in [6, 6.07) is 4.99. The predicted molar refractivity (Wildman–Crippen MR) is 76.5 cm³/mol. The van der Waals surface area contributed by atoms with Crippen LogP contribution in [-0.2, 0) is 9.57 Å². The van der Waals surface area contributed by atoms with Gasteiger partial charge in [0.25, 0.3) is 10.8 Å². The predicted octanol–water partition coefficient (Wildman–Crippen LogP) is 2.88. The van der Waals surface area contributed by atoms with Crippen molar-refractivity contribution in [2.45, 2.75) is 32.3 Å². The minimum absolute atomic E-state index is 0.0942. The second-order valence-electron chi connectivity index (χ2n) is 4.59. The first-order chi connectivity index (χ1) is 10.9. The molecule has 0 spiro atoms. The Morgan fingerprint density at radius 1 is 1.17 bits per heavy atom. The van der Waals surface area contributed by atoms with Crippen LogP contribution in [0.1, 0.15) is 26.2 Å². The molecule has 0 saturated heterocycles. The van der Waals surface area contributed by atoms with Gasteiger partial charge in [0, 0.05) is 12.1 Å². The fourth-order valence-corrected chi connectivity index (χ4v) is 1.65. The Labute approximate surface area is 131 Å². The number of hydrogen-bond acceptors (Lipinski definition) is 8. The summed E-state index contributed by atoms with van der Waals surface area (Å²) in [5.41, 5.74) is -0.114. The average molecular weight is 328 g/mol. The van der Waals surface area contributed by atoms with Crippen LogP contribution in [0.15, 0.2) is 24.3 Å². The van der Waals surface area contributed by atoms with Gasteiger partial charge in [-0.25, -0.2) is 4.79 Å². The molecule has 1 atom stereocenters. The van der Waals surface area contributed by atoms with Crippen molar-refractivity contribution in [3.05, 3.63) is 44.5 Å². The Kier molecular flexibility index (Phi) is 7.24. The molecule has 0 radical (unpaired) electrons. The summed E-state index contributed by atoms with van der Waals surface area (Å²) in [4.78, 5) is 35.7. The van der Waals surface area contributed by atoms with E-state index in [2.05, 4.69) is 4.84 Å². The molecule has 1 aromatic carbocycles. The van der Waals surface area contributed by atoms with Crippen molar-refractivity contribution in [3.63, 3.8) is 0 Å². The molecule has 0 aliphatic rings. The maximum Gasteiger partial charge on any atom is 0.513 e.